The molecule has 0 saturated carbocycles. The summed E-state index contributed by atoms with van der Waals surface area (Å²) >= 11 is 0. The molecule has 0 spiro atoms. The zero-order valence-corrected chi connectivity index (χ0v) is 11.4. The molecule has 2 amide bonds. The Kier molecular flexibility index (Phi) is 4.07. The lowest BCUT2D eigenvalue weighted by molar-refractivity contribution is -0.114. The first kappa shape index (κ1) is 15.0. The molecule has 0 aliphatic rings. The zero-order chi connectivity index (χ0) is 16.3. The van der Waals surface area contributed by atoms with Crippen molar-refractivity contribution < 1.29 is 14.7 Å². The van der Waals surface area contributed by atoms with Crippen molar-refractivity contribution in [3.63, 3.8) is 0 Å². The van der Waals surface area contributed by atoms with E-state index in [2.05, 4.69) is 10.6 Å². The predicted octanol–water partition coefficient (Wildman–Crippen LogP) is -0.0205. The van der Waals surface area contributed by atoms with Crippen LogP contribution in [0.2, 0.25) is 0 Å². The predicted molar refractivity (Wildman–Crippen MR) is 78.0 cm³/mol. The normalized spacial score (nSPS) is 10.0. The summed E-state index contributed by atoms with van der Waals surface area (Å²) < 4.78 is 0. The van der Waals surface area contributed by atoms with Gasteiger partial charge in [-0.15, -0.1) is 0 Å². The number of rotatable bonds is 3. The summed E-state index contributed by atoms with van der Waals surface area (Å²) in [5.74, 6) is -1.94. The van der Waals surface area contributed by atoms with E-state index in [1.807, 2.05) is 9.97 Å². The van der Waals surface area contributed by atoms with E-state index < -0.39 is 28.6 Å². The summed E-state index contributed by atoms with van der Waals surface area (Å²) in [4.78, 5) is 49.0. The van der Waals surface area contributed by atoms with Crippen molar-refractivity contribution in [1.82, 2.24) is 9.97 Å². The standard InChI is InChI=1S/C13H12N4O5/c1-6(18)14-7-2-4-8(5-3-7)15-10(19)9-11(20)16-13(22)17-12(9)21/h2-5H,1H3,(H,14,18)(H,15,19)(H3,16,17,20,21,22). The third kappa shape index (κ3) is 3.39. The SMILES string of the molecule is CC(=O)Nc1ccc(NC(=O)c2c(O)[nH]c(=O)[nH]c2=O)cc1. The van der Waals surface area contributed by atoms with Crippen molar-refractivity contribution in [3.05, 3.63) is 50.7 Å². The van der Waals surface area contributed by atoms with Gasteiger partial charge in [0.15, 0.2) is 5.56 Å². The number of benzene rings is 1. The van der Waals surface area contributed by atoms with Crippen LogP contribution in [0.5, 0.6) is 5.88 Å². The Morgan fingerprint density at radius 1 is 1.00 bits per heavy atom. The Labute approximate surface area is 123 Å². The number of hydrogen-bond acceptors (Lipinski definition) is 5. The molecule has 2 rings (SSSR count). The van der Waals surface area contributed by atoms with E-state index in [9.17, 15) is 24.3 Å². The zero-order valence-electron chi connectivity index (χ0n) is 11.4. The fraction of sp³-hybridized carbons (Fsp3) is 0.0769. The molecule has 0 aliphatic carbocycles. The topological polar surface area (TPSA) is 144 Å². The van der Waals surface area contributed by atoms with Gasteiger partial charge in [-0.1, -0.05) is 0 Å². The highest BCUT2D eigenvalue weighted by Crippen LogP contribution is 2.15. The maximum absolute atomic E-state index is 11.9. The number of aromatic amines is 2. The highest BCUT2D eigenvalue weighted by Gasteiger charge is 2.17. The molecular formula is C13H12N4O5. The van der Waals surface area contributed by atoms with Crippen molar-refractivity contribution in [2.75, 3.05) is 10.6 Å². The van der Waals surface area contributed by atoms with Gasteiger partial charge >= 0.3 is 5.69 Å². The molecule has 0 saturated heterocycles. The lowest BCUT2D eigenvalue weighted by Crippen LogP contribution is -2.30. The van der Waals surface area contributed by atoms with Crippen molar-refractivity contribution in [2.45, 2.75) is 6.92 Å². The number of nitrogens with one attached hydrogen (secondary N) is 4. The van der Waals surface area contributed by atoms with Crippen LogP contribution in [0.1, 0.15) is 17.3 Å². The Balaban J connectivity index is 2.21. The number of aromatic nitrogens is 2. The van der Waals surface area contributed by atoms with Crippen LogP contribution in [0.3, 0.4) is 0 Å². The van der Waals surface area contributed by atoms with Gasteiger partial charge < -0.3 is 15.7 Å². The number of anilines is 2. The van der Waals surface area contributed by atoms with E-state index in [4.69, 9.17) is 0 Å². The van der Waals surface area contributed by atoms with E-state index in [0.29, 0.717) is 11.4 Å². The molecule has 114 valence electrons. The number of amides is 2. The highest BCUT2D eigenvalue weighted by molar-refractivity contribution is 6.05. The smallest absolute Gasteiger partial charge is 0.328 e. The average molecular weight is 304 g/mol. The van der Waals surface area contributed by atoms with E-state index in [1.54, 1.807) is 12.1 Å². The molecule has 1 heterocycles. The molecule has 0 aliphatic heterocycles. The van der Waals surface area contributed by atoms with E-state index in [1.165, 1.54) is 19.1 Å². The molecule has 9 nitrogen and oxygen atoms in total. The molecule has 5 N–H and O–H groups in total. The average Bonchev–Trinajstić information content (AvgIpc) is 2.39. The first-order chi connectivity index (χ1) is 10.4. The minimum atomic E-state index is -1.01. The van der Waals surface area contributed by atoms with Gasteiger partial charge in [0.05, 0.1) is 0 Å². The number of aromatic hydroxyl groups is 1. The summed E-state index contributed by atoms with van der Waals surface area (Å²) in [6.07, 6.45) is 0. The van der Waals surface area contributed by atoms with E-state index in [-0.39, 0.29) is 5.91 Å². The van der Waals surface area contributed by atoms with Crippen LogP contribution in [0.25, 0.3) is 0 Å². The first-order valence-corrected chi connectivity index (χ1v) is 6.11. The van der Waals surface area contributed by atoms with Crippen LogP contribution in [0.4, 0.5) is 11.4 Å². The van der Waals surface area contributed by atoms with Gasteiger partial charge in [0, 0.05) is 18.3 Å². The number of carbonyl (C=O) groups is 2. The molecule has 0 radical (unpaired) electrons. The van der Waals surface area contributed by atoms with Crippen LogP contribution in [-0.4, -0.2) is 26.9 Å². The molecule has 1 aromatic carbocycles. The number of H-pyrrole nitrogens is 2. The minimum Gasteiger partial charge on any atom is -0.494 e. The molecule has 1 aromatic heterocycles. The Morgan fingerprint density at radius 2 is 1.55 bits per heavy atom. The molecule has 0 atom stereocenters. The van der Waals surface area contributed by atoms with Crippen LogP contribution in [-0.2, 0) is 4.79 Å². The minimum absolute atomic E-state index is 0.235. The summed E-state index contributed by atoms with van der Waals surface area (Å²) in [7, 11) is 0. The lowest BCUT2D eigenvalue weighted by atomic mass is 10.2. The van der Waals surface area contributed by atoms with Gasteiger partial charge in [-0.2, -0.15) is 0 Å². The van der Waals surface area contributed by atoms with Gasteiger partial charge in [0.2, 0.25) is 11.8 Å². The Bertz CT molecular complexity index is 835. The second-order valence-corrected chi connectivity index (χ2v) is 4.34. The third-order valence-electron chi connectivity index (χ3n) is 2.61. The molecule has 0 fully saturated rings. The molecule has 22 heavy (non-hydrogen) atoms. The largest absolute Gasteiger partial charge is 0.494 e. The van der Waals surface area contributed by atoms with Gasteiger partial charge in [0.25, 0.3) is 11.5 Å². The van der Waals surface area contributed by atoms with Gasteiger partial charge in [-0.3, -0.25) is 24.4 Å². The first-order valence-electron chi connectivity index (χ1n) is 6.11. The van der Waals surface area contributed by atoms with Crippen LogP contribution in [0.15, 0.2) is 33.9 Å². The second kappa shape index (κ2) is 5.95. The monoisotopic (exact) mass is 304 g/mol. The summed E-state index contributed by atoms with van der Waals surface area (Å²) in [5, 5.41) is 14.4. The van der Waals surface area contributed by atoms with E-state index in [0.717, 1.165) is 0 Å². The third-order valence-corrected chi connectivity index (χ3v) is 2.61. The molecule has 9 heteroatoms. The molecular weight excluding hydrogens is 292 g/mol. The van der Waals surface area contributed by atoms with E-state index >= 15 is 0 Å². The van der Waals surface area contributed by atoms with Crippen LogP contribution in [0, 0.1) is 0 Å². The van der Waals surface area contributed by atoms with Crippen molar-refractivity contribution >= 4 is 23.2 Å². The Hall–Kier alpha value is -3.36. The number of carbonyl (C=O) groups excluding carboxylic acids is 2. The van der Waals surface area contributed by atoms with Crippen molar-refractivity contribution in [1.29, 1.82) is 0 Å². The Morgan fingerprint density at radius 3 is 2.05 bits per heavy atom. The van der Waals surface area contributed by atoms with Crippen LogP contribution >= 0.6 is 0 Å². The lowest BCUT2D eigenvalue weighted by Gasteiger charge is -2.07. The summed E-state index contributed by atoms with van der Waals surface area (Å²) in [5.41, 5.74) is -1.66. The van der Waals surface area contributed by atoms with Gasteiger partial charge in [-0.25, -0.2) is 4.79 Å². The number of hydrogen-bond donors (Lipinski definition) is 5. The highest BCUT2D eigenvalue weighted by atomic mass is 16.3. The molecule has 0 unspecified atom stereocenters. The summed E-state index contributed by atoms with van der Waals surface area (Å²) in [6.45, 7) is 1.36. The fourth-order valence-electron chi connectivity index (χ4n) is 1.72. The quantitative estimate of drug-likeness (QED) is 0.541. The van der Waals surface area contributed by atoms with Crippen molar-refractivity contribution in [2.24, 2.45) is 0 Å². The fourth-order valence-corrected chi connectivity index (χ4v) is 1.72. The second-order valence-electron chi connectivity index (χ2n) is 4.34. The van der Waals surface area contributed by atoms with Gasteiger partial charge in [0.1, 0.15) is 0 Å². The maximum atomic E-state index is 11.9. The van der Waals surface area contributed by atoms with Crippen LogP contribution < -0.4 is 21.9 Å². The summed E-state index contributed by atoms with van der Waals surface area (Å²) in [6, 6.07) is 6.10. The molecule has 2 aromatic rings. The van der Waals surface area contributed by atoms with Gasteiger partial charge in [-0.05, 0) is 24.3 Å². The maximum Gasteiger partial charge on any atom is 0.328 e. The molecule has 0 bridgehead atoms. The van der Waals surface area contributed by atoms with Crippen molar-refractivity contribution in [3.8, 4) is 5.88 Å².